The number of hydrogen-bond donors (Lipinski definition) is 0. The molecule has 0 fully saturated rings. The maximum absolute atomic E-state index is 14.1. The molecule has 3 rings (SSSR count). The van der Waals surface area contributed by atoms with E-state index >= 15 is 0 Å². The van der Waals surface area contributed by atoms with E-state index in [4.69, 9.17) is 6.42 Å². The van der Waals surface area contributed by atoms with Crippen molar-refractivity contribution in [2.75, 3.05) is 0 Å². The Bertz CT molecular complexity index is 1120. The highest BCUT2D eigenvalue weighted by molar-refractivity contribution is 7.90. The molecule has 0 spiro atoms. The lowest BCUT2D eigenvalue weighted by atomic mass is 10.3. The zero-order valence-electron chi connectivity index (χ0n) is 12.1. The fourth-order valence-electron chi connectivity index (χ4n) is 2.19. The molecule has 2 aromatic carbocycles. The second-order valence-electron chi connectivity index (χ2n) is 4.79. The highest BCUT2D eigenvalue weighted by Gasteiger charge is 2.16. The Morgan fingerprint density at radius 2 is 1.92 bits per heavy atom. The van der Waals surface area contributed by atoms with Crippen LogP contribution in [-0.4, -0.2) is 13.0 Å². The molecule has 24 heavy (non-hydrogen) atoms. The van der Waals surface area contributed by atoms with Crippen LogP contribution in [0, 0.1) is 24.0 Å². The number of sulfonamides is 1. The lowest BCUT2D eigenvalue weighted by Crippen LogP contribution is -2.17. The summed E-state index contributed by atoms with van der Waals surface area (Å²) in [6.45, 7) is -0.0916. The minimum atomic E-state index is -3.99. The largest absolute Gasteiger partial charge is 0.302 e. The van der Waals surface area contributed by atoms with Crippen molar-refractivity contribution in [3.63, 3.8) is 0 Å². The van der Waals surface area contributed by atoms with Gasteiger partial charge in [-0.05, 0) is 18.2 Å². The van der Waals surface area contributed by atoms with Crippen LogP contribution in [0.1, 0.15) is 0 Å². The lowest BCUT2D eigenvalue weighted by Gasteiger charge is -2.02. The highest BCUT2D eigenvalue weighted by Crippen LogP contribution is 2.22. The van der Waals surface area contributed by atoms with Crippen LogP contribution in [0.4, 0.5) is 8.78 Å². The van der Waals surface area contributed by atoms with Crippen LogP contribution >= 0.6 is 11.3 Å². The zero-order valence-corrected chi connectivity index (χ0v) is 13.7. The number of benzene rings is 2. The molecule has 0 radical (unpaired) electrons. The fraction of sp³-hybridized carbons (Fsp3) is 0.0625. The van der Waals surface area contributed by atoms with Gasteiger partial charge in [-0.1, -0.05) is 35.5 Å². The number of aromatic nitrogens is 1. The van der Waals surface area contributed by atoms with E-state index in [2.05, 4.69) is 10.3 Å². The van der Waals surface area contributed by atoms with E-state index in [0.717, 1.165) is 23.5 Å². The Hall–Kier alpha value is -2.50. The summed E-state index contributed by atoms with van der Waals surface area (Å²) in [4.78, 5) is -0.0160. The Balaban J connectivity index is 2.32. The van der Waals surface area contributed by atoms with Crippen LogP contribution in [0.25, 0.3) is 10.2 Å². The average Bonchev–Trinajstić information content (AvgIpc) is 2.85. The minimum absolute atomic E-state index is 0.00127. The maximum Gasteiger partial charge on any atom is 0.285 e. The molecule has 122 valence electrons. The molecule has 0 saturated carbocycles. The third-order valence-electron chi connectivity index (χ3n) is 3.18. The molecule has 0 aliphatic carbocycles. The number of terminal acetylenes is 1. The summed E-state index contributed by atoms with van der Waals surface area (Å²) in [7, 11) is -3.99. The molecule has 0 aliphatic rings. The second kappa shape index (κ2) is 6.19. The van der Waals surface area contributed by atoms with Gasteiger partial charge in [0.1, 0.15) is 5.82 Å². The summed E-state index contributed by atoms with van der Waals surface area (Å²) < 4.78 is 57.5. The zero-order chi connectivity index (χ0) is 17.3. The average molecular weight is 364 g/mol. The number of hydrogen-bond acceptors (Lipinski definition) is 3. The van der Waals surface area contributed by atoms with E-state index in [9.17, 15) is 17.2 Å². The van der Waals surface area contributed by atoms with Crippen LogP contribution in [0.5, 0.6) is 0 Å². The molecule has 1 heterocycles. The van der Waals surface area contributed by atoms with Gasteiger partial charge in [-0.15, -0.1) is 10.8 Å². The molecule has 4 nitrogen and oxygen atoms in total. The molecule has 0 unspecified atom stereocenters. The first kappa shape index (κ1) is 16.4. The summed E-state index contributed by atoms with van der Waals surface area (Å²) >= 11 is 0.855. The summed E-state index contributed by atoms with van der Waals surface area (Å²) in [5.41, 5.74) is 0.0290. The molecule has 0 atom stereocenters. The van der Waals surface area contributed by atoms with Gasteiger partial charge in [0.15, 0.2) is 5.82 Å². The highest BCUT2D eigenvalue weighted by atomic mass is 32.2. The van der Waals surface area contributed by atoms with Crippen molar-refractivity contribution in [2.45, 2.75) is 11.4 Å². The Kier molecular flexibility index (Phi) is 4.22. The van der Waals surface area contributed by atoms with Crippen LogP contribution in [0.15, 0.2) is 51.8 Å². The van der Waals surface area contributed by atoms with E-state index in [1.54, 1.807) is 18.2 Å². The van der Waals surface area contributed by atoms with Crippen molar-refractivity contribution in [3.8, 4) is 12.3 Å². The minimum Gasteiger partial charge on any atom is -0.302 e. The molecule has 0 N–H and O–H groups in total. The van der Waals surface area contributed by atoms with Gasteiger partial charge in [0.25, 0.3) is 10.0 Å². The third kappa shape index (κ3) is 2.96. The van der Waals surface area contributed by atoms with Crippen molar-refractivity contribution >= 4 is 31.6 Å². The lowest BCUT2D eigenvalue weighted by molar-refractivity contribution is 0.585. The Labute approximate surface area is 140 Å². The van der Waals surface area contributed by atoms with Crippen molar-refractivity contribution in [2.24, 2.45) is 4.40 Å². The van der Waals surface area contributed by atoms with Crippen molar-refractivity contribution in [3.05, 3.63) is 58.9 Å². The Morgan fingerprint density at radius 1 is 1.21 bits per heavy atom. The maximum atomic E-state index is 14.1. The van der Waals surface area contributed by atoms with Gasteiger partial charge in [-0.3, -0.25) is 0 Å². The van der Waals surface area contributed by atoms with Gasteiger partial charge in [0.05, 0.1) is 21.7 Å². The third-order valence-corrected chi connectivity index (χ3v) is 5.61. The molecular formula is C16H10F2N2O2S2. The van der Waals surface area contributed by atoms with E-state index in [0.29, 0.717) is 0 Å². The first-order valence-electron chi connectivity index (χ1n) is 6.70. The normalized spacial score (nSPS) is 12.5. The van der Waals surface area contributed by atoms with E-state index < -0.39 is 21.7 Å². The summed E-state index contributed by atoms with van der Waals surface area (Å²) in [5.74, 6) is 0.743. The topological polar surface area (TPSA) is 51.4 Å². The van der Waals surface area contributed by atoms with E-state index in [-0.39, 0.29) is 26.5 Å². The van der Waals surface area contributed by atoms with Crippen LogP contribution in [0.2, 0.25) is 0 Å². The van der Waals surface area contributed by atoms with Crippen molar-refractivity contribution < 1.29 is 17.2 Å². The van der Waals surface area contributed by atoms with Crippen LogP contribution in [0.3, 0.4) is 0 Å². The molecule has 0 bridgehead atoms. The number of fused-ring (bicyclic) bond motifs is 1. The number of nitrogens with zero attached hydrogens (tertiary/aromatic N) is 2. The molecule has 3 aromatic rings. The first-order chi connectivity index (χ1) is 11.4. The molecule has 0 saturated heterocycles. The number of halogens is 2. The van der Waals surface area contributed by atoms with E-state index in [1.807, 2.05) is 0 Å². The summed E-state index contributed by atoms with van der Waals surface area (Å²) in [6, 6.07) is 9.45. The van der Waals surface area contributed by atoms with Crippen LogP contribution < -0.4 is 4.80 Å². The summed E-state index contributed by atoms with van der Waals surface area (Å²) in [5, 5.41) is 0. The summed E-state index contributed by atoms with van der Waals surface area (Å²) in [6.07, 6.45) is 5.28. The van der Waals surface area contributed by atoms with Crippen molar-refractivity contribution in [1.29, 1.82) is 0 Å². The number of rotatable bonds is 3. The molecule has 0 aliphatic heterocycles. The van der Waals surface area contributed by atoms with Gasteiger partial charge in [0, 0.05) is 6.07 Å². The second-order valence-corrected chi connectivity index (χ2v) is 7.40. The first-order valence-corrected chi connectivity index (χ1v) is 8.96. The van der Waals surface area contributed by atoms with Gasteiger partial charge < -0.3 is 4.57 Å². The van der Waals surface area contributed by atoms with Gasteiger partial charge >= 0.3 is 0 Å². The fourth-order valence-corrected chi connectivity index (χ4v) is 4.48. The predicted molar refractivity (Wildman–Crippen MR) is 87.8 cm³/mol. The van der Waals surface area contributed by atoms with Gasteiger partial charge in [-0.25, -0.2) is 8.78 Å². The quantitative estimate of drug-likeness (QED) is 0.671. The van der Waals surface area contributed by atoms with Gasteiger partial charge in [0.2, 0.25) is 4.80 Å². The predicted octanol–water partition coefficient (Wildman–Crippen LogP) is 2.90. The van der Waals surface area contributed by atoms with Gasteiger partial charge in [-0.2, -0.15) is 8.42 Å². The van der Waals surface area contributed by atoms with Crippen molar-refractivity contribution in [1.82, 2.24) is 4.57 Å². The Morgan fingerprint density at radius 3 is 2.58 bits per heavy atom. The molecule has 1 aromatic heterocycles. The molecule has 0 amide bonds. The SMILES string of the molecule is C#CCn1/c(=N/S(=O)(=O)c2ccccc2)sc2cc(F)cc(F)c21. The standard InChI is InChI=1S/C16H10F2N2O2S2/c1-2-8-20-15-13(18)9-11(17)10-14(15)23-16(20)19-24(21,22)12-6-4-3-5-7-12/h1,3-7,9-10H,8H2/b19-16-. The molecular weight excluding hydrogens is 354 g/mol. The number of thiazole rings is 1. The van der Waals surface area contributed by atoms with E-state index in [1.165, 1.54) is 16.7 Å². The monoisotopic (exact) mass is 364 g/mol. The van der Waals surface area contributed by atoms with Crippen LogP contribution in [-0.2, 0) is 16.6 Å². The smallest absolute Gasteiger partial charge is 0.285 e. The molecule has 8 heteroatoms.